The van der Waals surface area contributed by atoms with Gasteiger partial charge in [-0.3, -0.25) is 4.79 Å². The number of sulfonamides is 1. The van der Waals surface area contributed by atoms with E-state index in [1.54, 1.807) is 18.2 Å². The number of amides is 1. The molecule has 23 heavy (non-hydrogen) atoms. The third-order valence-corrected chi connectivity index (χ3v) is 4.49. The highest BCUT2D eigenvalue weighted by Crippen LogP contribution is 2.25. The zero-order valence-electron chi connectivity index (χ0n) is 12.5. The minimum Gasteiger partial charge on any atom is -0.496 e. The highest BCUT2D eigenvalue weighted by atomic mass is 35.5. The molecule has 1 amide bonds. The molecule has 122 valence electrons. The summed E-state index contributed by atoms with van der Waals surface area (Å²) in [6.07, 6.45) is 0. The van der Waals surface area contributed by atoms with Crippen LogP contribution in [-0.2, 0) is 10.0 Å². The molecule has 2 aromatic carbocycles. The molecular weight excluding hydrogens is 340 g/mol. The van der Waals surface area contributed by atoms with Gasteiger partial charge in [0.05, 0.1) is 17.6 Å². The van der Waals surface area contributed by atoms with E-state index in [9.17, 15) is 13.2 Å². The van der Waals surface area contributed by atoms with E-state index in [-0.39, 0.29) is 16.2 Å². The van der Waals surface area contributed by atoms with E-state index in [1.165, 1.54) is 25.3 Å². The van der Waals surface area contributed by atoms with E-state index >= 15 is 0 Å². The molecule has 0 spiro atoms. The summed E-state index contributed by atoms with van der Waals surface area (Å²) in [4.78, 5) is 12.2. The second-order valence-corrected chi connectivity index (χ2v) is 6.79. The van der Waals surface area contributed by atoms with Crippen LogP contribution < -0.4 is 15.2 Å². The first-order valence-corrected chi connectivity index (χ1v) is 8.43. The molecule has 0 aromatic heterocycles. The lowest BCUT2D eigenvalue weighted by Crippen LogP contribution is -2.16. The number of rotatable bonds is 4. The Labute approximate surface area is 139 Å². The second kappa shape index (κ2) is 6.57. The first-order valence-electron chi connectivity index (χ1n) is 6.50. The van der Waals surface area contributed by atoms with Gasteiger partial charge in [0.15, 0.2) is 0 Å². The molecule has 0 atom stereocenters. The molecule has 8 heteroatoms. The van der Waals surface area contributed by atoms with Crippen molar-refractivity contribution in [2.24, 2.45) is 5.14 Å². The van der Waals surface area contributed by atoms with E-state index in [0.29, 0.717) is 10.7 Å². The average Bonchev–Trinajstić information content (AvgIpc) is 2.49. The predicted molar refractivity (Wildman–Crippen MR) is 88.5 cm³/mol. The molecular formula is C15H15ClN2O4S. The second-order valence-electron chi connectivity index (χ2n) is 4.83. The van der Waals surface area contributed by atoms with E-state index in [0.717, 1.165) is 5.56 Å². The van der Waals surface area contributed by atoms with Crippen LogP contribution >= 0.6 is 11.6 Å². The molecule has 0 heterocycles. The van der Waals surface area contributed by atoms with Crippen molar-refractivity contribution >= 4 is 33.2 Å². The molecule has 0 aliphatic heterocycles. The van der Waals surface area contributed by atoms with Crippen molar-refractivity contribution < 1.29 is 17.9 Å². The van der Waals surface area contributed by atoms with Crippen LogP contribution in [0.4, 0.5) is 5.69 Å². The Bertz CT molecular complexity index is 866. The van der Waals surface area contributed by atoms with Crippen molar-refractivity contribution in [1.29, 1.82) is 0 Å². The minimum absolute atomic E-state index is 0.0516. The monoisotopic (exact) mass is 354 g/mol. The first kappa shape index (κ1) is 17.3. The number of carbonyl (C=O) groups excluding carboxylic acids is 1. The van der Waals surface area contributed by atoms with Crippen molar-refractivity contribution in [2.75, 3.05) is 12.4 Å². The number of nitrogens with one attached hydrogen (secondary N) is 1. The topological polar surface area (TPSA) is 98.5 Å². The van der Waals surface area contributed by atoms with Crippen LogP contribution in [0.15, 0.2) is 41.3 Å². The number of methoxy groups -OCH3 is 1. The van der Waals surface area contributed by atoms with Crippen molar-refractivity contribution in [2.45, 2.75) is 11.8 Å². The van der Waals surface area contributed by atoms with Gasteiger partial charge < -0.3 is 10.1 Å². The lowest BCUT2D eigenvalue weighted by Gasteiger charge is -2.11. The van der Waals surface area contributed by atoms with Gasteiger partial charge in [0.2, 0.25) is 10.0 Å². The lowest BCUT2D eigenvalue weighted by atomic mass is 10.1. The van der Waals surface area contributed by atoms with E-state index in [1.807, 2.05) is 6.92 Å². The Morgan fingerprint density at radius 3 is 2.48 bits per heavy atom. The van der Waals surface area contributed by atoms with Crippen LogP contribution in [0.1, 0.15) is 15.9 Å². The maximum Gasteiger partial charge on any atom is 0.259 e. The molecule has 2 rings (SSSR count). The van der Waals surface area contributed by atoms with Crippen molar-refractivity contribution in [3.05, 3.63) is 52.5 Å². The van der Waals surface area contributed by atoms with Crippen LogP contribution in [0.25, 0.3) is 0 Å². The number of hydrogen-bond acceptors (Lipinski definition) is 4. The summed E-state index contributed by atoms with van der Waals surface area (Å²) in [5, 5.41) is 8.24. The van der Waals surface area contributed by atoms with Crippen LogP contribution in [0.5, 0.6) is 5.75 Å². The normalized spacial score (nSPS) is 11.1. The quantitative estimate of drug-likeness (QED) is 0.881. The molecule has 0 radical (unpaired) electrons. The standard InChI is InChI=1S/C15H15ClN2O4S/c1-9-3-4-10(7-13(9)16)18-15(19)12-8-11(23(17,20)21)5-6-14(12)22-2/h3-8H,1-2H3,(H,18,19)(H2,17,20,21). The van der Waals surface area contributed by atoms with Gasteiger partial charge in [0, 0.05) is 10.7 Å². The summed E-state index contributed by atoms with van der Waals surface area (Å²) in [6, 6.07) is 8.86. The summed E-state index contributed by atoms with van der Waals surface area (Å²) in [5.41, 5.74) is 1.41. The van der Waals surface area contributed by atoms with Crippen molar-refractivity contribution in [3.63, 3.8) is 0 Å². The summed E-state index contributed by atoms with van der Waals surface area (Å²) in [7, 11) is -2.55. The highest BCUT2D eigenvalue weighted by Gasteiger charge is 2.17. The van der Waals surface area contributed by atoms with Crippen molar-refractivity contribution in [1.82, 2.24) is 0 Å². The molecule has 0 bridgehead atoms. The average molecular weight is 355 g/mol. The maximum absolute atomic E-state index is 12.4. The van der Waals surface area contributed by atoms with Crippen LogP contribution in [0, 0.1) is 6.92 Å². The molecule has 0 saturated carbocycles. The van der Waals surface area contributed by atoms with Crippen molar-refractivity contribution in [3.8, 4) is 5.75 Å². The number of carbonyl (C=O) groups is 1. The number of nitrogens with two attached hydrogens (primary N) is 1. The SMILES string of the molecule is COc1ccc(S(N)(=O)=O)cc1C(=O)Nc1ccc(C)c(Cl)c1. The van der Waals surface area contributed by atoms with Gasteiger partial charge in [-0.1, -0.05) is 17.7 Å². The van der Waals surface area contributed by atoms with Gasteiger partial charge in [-0.25, -0.2) is 13.6 Å². The third kappa shape index (κ3) is 4.01. The summed E-state index contributed by atoms with van der Waals surface area (Å²) in [5.74, 6) is -0.305. The van der Waals surface area contributed by atoms with Gasteiger partial charge in [-0.05, 0) is 42.8 Å². The van der Waals surface area contributed by atoms with E-state index < -0.39 is 15.9 Å². The number of benzene rings is 2. The number of ether oxygens (including phenoxy) is 1. The number of hydrogen-bond donors (Lipinski definition) is 2. The summed E-state index contributed by atoms with van der Waals surface area (Å²) < 4.78 is 28.0. The fourth-order valence-electron chi connectivity index (χ4n) is 1.91. The molecule has 2 aromatic rings. The zero-order valence-corrected chi connectivity index (χ0v) is 14.0. The first-order chi connectivity index (χ1) is 10.7. The zero-order chi connectivity index (χ0) is 17.2. The van der Waals surface area contributed by atoms with Crippen LogP contribution in [0.3, 0.4) is 0 Å². The Kier molecular flexibility index (Phi) is 4.93. The summed E-state index contributed by atoms with van der Waals surface area (Å²) in [6.45, 7) is 1.84. The number of anilines is 1. The Hall–Kier alpha value is -2.09. The largest absolute Gasteiger partial charge is 0.496 e. The Morgan fingerprint density at radius 1 is 1.22 bits per heavy atom. The maximum atomic E-state index is 12.4. The fraction of sp³-hybridized carbons (Fsp3) is 0.133. The molecule has 0 saturated heterocycles. The van der Waals surface area contributed by atoms with Gasteiger partial charge in [0.1, 0.15) is 5.75 Å². The lowest BCUT2D eigenvalue weighted by molar-refractivity contribution is 0.102. The molecule has 0 unspecified atom stereocenters. The molecule has 6 nitrogen and oxygen atoms in total. The fourth-order valence-corrected chi connectivity index (χ4v) is 2.63. The molecule has 0 aliphatic carbocycles. The smallest absolute Gasteiger partial charge is 0.259 e. The Balaban J connectivity index is 2.39. The highest BCUT2D eigenvalue weighted by molar-refractivity contribution is 7.89. The van der Waals surface area contributed by atoms with Gasteiger partial charge in [-0.2, -0.15) is 0 Å². The molecule has 0 fully saturated rings. The van der Waals surface area contributed by atoms with E-state index in [4.69, 9.17) is 21.5 Å². The minimum atomic E-state index is -3.93. The third-order valence-electron chi connectivity index (χ3n) is 3.17. The predicted octanol–water partition coefficient (Wildman–Crippen LogP) is 2.56. The number of aryl methyl sites for hydroxylation is 1. The van der Waals surface area contributed by atoms with Gasteiger partial charge >= 0.3 is 0 Å². The van der Waals surface area contributed by atoms with Crippen LogP contribution in [0.2, 0.25) is 5.02 Å². The van der Waals surface area contributed by atoms with Gasteiger partial charge in [-0.15, -0.1) is 0 Å². The number of halogens is 1. The molecule has 0 aliphatic rings. The molecule has 3 N–H and O–H groups in total. The Morgan fingerprint density at radius 2 is 1.91 bits per heavy atom. The van der Waals surface area contributed by atoms with E-state index in [2.05, 4.69) is 5.32 Å². The summed E-state index contributed by atoms with van der Waals surface area (Å²) >= 11 is 6.02. The number of primary sulfonamides is 1. The van der Waals surface area contributed by atoms with Crippen LogP contribution in [-0.4, -0.2) is 21.4 Å². The van der Waals surface area contributed by atoms with Gasteiger partial charge in [0.25, 0.3) is 5.91 Å².